The molecule has 0 aliphatic heterocycles. The van der Waals surface area contributed by atoms with Crippen molar-refractivity contribution in [3.8, 4) is 0 Å². The molecule has 5 heteroatoms. The average Bonchev–Trinajstić information content (AvgIpc) is 2.19. The summed E-state index contributed by atoms with van der Waals surface area (Å²) in [7, 11) is 0. The molecule has 0 fully saturated rings. The minimum absolute atomic E-state index is 0.657. The van der Waals surface area contributed by atoms with Gasteiger partial charge in [0.15, 0.2) is 5.11 Å². The van der Waals surface area contributed by atoms with Gasteiger partial charge in [-0.25, -0.2) is 0 Å². The summed E-state index contributed by atoms with van der Waals surface area (Å²) in [6.07, 6.45) is 0. The largest absolute Gasteiger partial charge is 0.380 e. The first-order valence-corrected chi connectivity index (χ1v) is 5.39. The van der Waals surface area contributed by atoms with Crippen molar-refractivity contribution < 1.29 is 9.47 Å². The SMILES string of the molecule is CCOCCNC(=S)NCCOCC. The maximum Gasteiger partial charge on any atom is 0.166 e. The van der Waals surface area contributed by atoms with E-state index < -0.39 is 0 Å². The van der Waals surface area contributed by atoms with Crippen LogP contribution < -0.4 is 10.6 Å². The predicted octanol–water partition coefficient (Wildman–Crippen LogP) is 0.523. The molecular formula is C9H20N2O2S. The molecule has 0 aliphatic carbocycles. The molecule has 4 nitrogen and oxygen atoms in total. The third-order valence-corrected chi connectivity index (χ3v) is 1.76. The van der Waals surface area contributed by atoms with Crippen molar-refractivity contribution in [1.82, 2.24) is 10.6 Å². The molecule has 0 aromatic rings. The molecule has 0 atom stereocenters. The minimum atomic E-state index is 0.657. The monoisotopic (exact) mass is 220 g/mol. The molecule has 0 aromatic heterocycles. The van der Waals surface area contributed by atoms with Crippen LogP contribution in [0, 0.1) is 0 Å². The van der Waals surface area contributed by atoms with Crippen molar-refractivity contribution in [1.29, 1.82) is 0 Å². The van der Waals surface area contributed by atoms with E-state index in [1.54, 1.807) is 0 Å². The van der Waals surface area contributed by atoms with Gasteiger partial charge in [-0.05, 0) is 26.1 Å². The molecule has 2 N–H and O–H groups in total. The van der Waals surface area contributed by atoms with Crippen LogP contribution in [0.2, 0.25) is 0 Å². The fourth-order valence-electron chi connectivity index (χ4n) is 0.825. The minimum Gasteiger partial charge on any atom is -0.380 e. The van der Waals surface area contributed by atoms with Crippen LogP contribution >= 0.6 is 12.2 Å². The summed E-state index contributed by atoms with van der Waals surface area (Å²) < 4.78 is 10.3. The Labute approximate surface area is 91.3 Å². The molecule has 14 heavy (non-hydrogen) atoms. The lowest BCUT2D eigenvalue weighted by atomic mass is 10.6. The van der Waals surface area contributed by atoms with Gasteiger partial charge in [-0.1, -0.05) is 0 Å². The summed E-state index contributed by atoms with van der Waals surface area (Å²) in [5.41, 5.74) is 0. The molecule has 0 saturated heterocycles. The van der Waals surface area contributed by atoms with Crippen molar-refractivity contribution in [2.75, 3.05) is 39.5 Å². The van der Waals surface area contributed by atoms with E-state index in [0.29, 0.717) is 18.3 Å². The van der Waals surface area contributed by atoms with Crippen molar-refractivity contribution >= 4 is 17.3 Å². The fraction of sp³-hybridized carbons (Fsp3) is 0.889. The number of rotatable bonds is 8. The van der Waals surface area contributed by atoms with E-state index in [1.807, 2.05) is 13.8 Å². The van der Waals surface area contributed by atoms with Crippen LogP contribution in [0.25, 0.3) is 0 Å². The van der Waals surface area contributed by atoms with Crippen molar-refractivity contribution in [3.63, 3.8) is 0 Å². The highest BCUT2D eigenvalue weighted by Crippen LogP contribution is 1.74. The van der Waals surface area contributed by atoms with Gasteiger partial charge in [0.05, 0.1) is 13.2 Å². The van der Waals surface area contributed by atoms with E-state index in [1.165, 1.54) is 0 Å². The van der Waals surface area contributed by atoms with Crippen LogP contribution in [0.3, 0.4) is 0 Å². The Morgan fingerprint density at radius 3 is 1.79 bits per heavy atom. The molecule has 0 saturated carbocycles. The molecule has 0 aromatic carbocycles. The van der Waals surface area contributed by atoms with Crippen LogP contribution in [0.4, 0.5) is 0 Å². The van der Waals surface area contributed by atoms with E-state index in [2.05, 4.69) is 10.6 Å². The van der Waals surface area contributed by atoms with Crippen LogP contribution in [0.5, 0.6) is 0 Å². The molecule has 0 aliphatic rings. The molecule has 0 radical (unpaired) electrons. The normalized spacial score (nSPS) is 9.86. The summed E-state index contributed by atoms with van der Waals surface area (Å²) in [6, 6.07) is 0. The highest BCUT2D eigenvalue weighted by molar-refractivity contribution is 7.80. The third-order valence-electron chi connectivity index (χ3n) is 1.47. The number of nitrogens with one attached hydrogen (secondary N) is 2. The topological polar surface area (TPSA) is 42.5 Å². The summed E-state index contributed by atoms with van der Waals surface area (Å²) in [5, 5.41) is 6.73. The van der Waals surface area contributed by atoms with Crippen molar-refractivity contribution in [2.45, 2.75) is 13.8 Å². The lowest BCUT2D eigenvalue weighted by Crippen LogP contribution is -2.38. The molecule has 0 heterocycles. The van der Waals surface area contributed by atoms with Gasteiger partial charge in [-0.3, -0.25) is 0 Å². The summed E-state index contributed by atoms with van der Waals surface area (Å²) in [5.74, 6) is 0. The molecular weight excluding hydrogens is 200 g/mol. The zero-order valence-electron chi connectivity index (χ0n) is 8.97. The smallest absolute Gasteiger partial charge is 0.166 e. The molecule has 0 rings (SSSR count). The Morgan fingerprint density at radius 2 is 1.43 bits per heavy atom. The van der Waals surface area contributed by atoms with Crippen LogP contribution in [-0.2, 0) is 9.47 Å². The van der Waals surface area contributed by atoms with Gasteiger partial charge in [0.1, 0.15) is 0 Å². The highest BCUT2D eigenvalue weighted by atomic mass is 32.1. The Kier molecular flexibility index (Phi) is 10.4. The predicted molar refractivity (Wildman–Crippen MR) is 61.6 cm³/mol. The molecule has 84 valence electrons. The van der Waals surface area contributed by atoms with Crippen molar-refractivity contribution in [3.05, 3.63) is 0 Å². The zero-order valence-corrected chi connectivity index (χ0v) is 9.78. The molecule has 0 spiro atoms. The number of thiocarbonyl (C=S) groups is 1. The first kappa shape index (κ1) is 13.6. The van der Waals surface area contributed by atoms with Gasteiger partial charge in [-0.15, -0.1) is 0 Å². The number of hydrogen-bond donors (Lipinski definition) is 2. The highest BCUT2D eigenvalue weighted by Gasteiger charge is 1.93. The van der Waals surface area contributed by atoms with E-state index in [9.17, 15) is 0 Å². The van der Waals surface area contributed by atoms with Crippen LogP contribution in [-0.4, -0.2) is 44.6 Å². The number of hydrogen-bond acceptors (Lipinski definition) is 3. The van der Waals surface area contributed by atoms with Gasteiger partial charge < -0.3 is 20.1 Å². The summed E-state index contributed by atoms with van der Waals surface area (Å²) in [6.45, 7) is 8.28. The second-order valence-electron chi connectivity index (χ2n) is 2.58. The Hall–Kier alpha value is -0.390. The Bertz CT molecular complexity index is 131. The maximum atomic E-state index is 5.15. The van der Waals surface area contributed by atoms with Gasteiger partial charge in [-0.2, -0.15) is 0 Å². The van der Waals surface area contributed by atoms with Gasteiger partial charge in [0, 0.05) is 26.3 Å². The van der Waals surface area contributed by atoms with Gasteiger partial charge in [0.2, 0.25) is 0 Å². The molecule has 0 amide bonds. The van der Waals surface area contributed by atoms with Crippen LogP contribution in [0.15, 0.2) is 0 Å². The quantitative estimate of drug-likeness (QED) is 0.461. The van der Waals surface area contributed by atoms with Gasteiger partial charge in [0.25, 0.3) is 0 Å². The van der Waals surface area contributed by atoms with E-state index in [4.69, 9.17) is 21.7 Å². The first-order chi connectivity index (χ1) is 6.81. The lowest BCUT2D eigenvalue weighted by Gasteiger charge is -2.09. The summed E-state index contributed by atoms with van der Waals surface area (Å²) in [4.78, 5) is 0. The average molecular weight is 220 g/mol. The fourth-order valence-corrected chi connectivity index (χ4v) is 1.03. The van der Waals surface area contributed by atoms with E-state index in [-0.39, 0.29) is 0 Å². The second kappa shape index (κ2) is 10.7. The van der Waals surface area contributed by atoms with Gasteiger partial charge >= 0.3 is 0 Å². The molecule has 0 bridgehead atoms. The van der Waals surface area contributed by atoms with Crippen molar-refractivity contribution in [2.24, 2.45) is 0 Å². The Morgan fingerprint density at radius 1 is 1.00 bits per heavy atom. The first-order valence-electron chi connectivity index (χ1n) is 4.98. The molecule has 0 unspecified atom stereocenters. The third kappa shape index (κ3) is 9.70. The van der Waals surface area contributed by atoms with Crippen LogP contribution in [0.1, 0.15) is 13.8 Å². The second-order valence-corrected chi connectivity index (χ2v) is 2.98. The Balaban J connectivity index is 3.11. The lowest BCUT2D eigenvalue weighted by molar-refractivity contribution is 0.150. The maximum absolute atomic E-state index is 5.15. The standard InChI is InChI=1S/C9H20N2O2S/c1-3-12-7-5-10-9(14)11-6-8-13-4-2/h3-8H2,1-2H3,(H2,10,11,14). The summed E-state index contributed by atoms with van der Waals surface area (Å²) >= 11 is 5.02. The zero-order chi connectivity index (χ0) is 10.6. The van der Waals surface area contributed by atoms with E-state index in [0.717, 1.165) is 26.3 Å². The number of ether oxygens (including phenoxy) is 2. The van der Waals surface area contributed by atoms with E-state index >= 15 is 0 Å².